The summed E-state index contributed by atoms with van der Waals surface area (Å²) in [6, 6.07) is 25.0. The second-order valence-corrected chi connectivity index (χ2v) is 15.8. The van der Waals surface area contributed by atoms with Gasteiger partial charge in [-0.05, 0) is 142 Å². The maximum absolute atomic E-state index is 6.46. The van der Waals surface area contributed by atoms with E-state index in [0.29, 0.717) is 11.4 Å². The van der Waals surface area contributed by atoms with Crippen LogP contribution in [0.15, 0.2) is 72.8 Å². The fraction of sp³-hybridized carbons (Fsp3) is 0.478. The molecule has 0 aliphatic heterocycles. The number of rotatable bonds is 12. The van der Waals surface area contributed by atoms with Crippen LogP contribution in [0.1, 0.15) is 124 Å². The van der Waals surface area contributed by atoms with Crippen molar-refractivity contribution in [1.82, 2.24) is 0 Å². The zero-order valence-electron chi connectivity index (χ0n) is 31.3. The van der Waals surface area contributed by atoms with Crippen LogP contribution >= 0.6 is 0 Å². The molecule has 6 rings (SSSR count). The molecule has 0 saturated heterocycles. The first-order valence-corrected chi connectivity index (χ1v) is 19.5. The fourth-order valence-electron chi connectivity index (χ4n) is 9.32. The summed E-state index contributed by atoms with van der Waals surface area (Å²) in [6.07, 6.45) is 17.7. The molecule has 2 aliphatic rings. The second-order valence-electron chi connectivity index (χ2n) is 15.8. The van der Waals surface area contributed by atoms with Gasteiger partial charge in [-0.2, -0.15) is 0 Å². The van der Waals surface area contributed by atoms with Crippen LogP contribution in [-0.2, 0) is 5.41 Å². The van der Waals surface area contributed by atoms with Gasteiger partial charge in [0.2, 0.25) is 0 Å². The first kappa shape index (κ1) is 35.9. The highest BCUT2D eigenvalue weighted by atomic mass is 16.5. The summed E-state index contributed by atoms with van der Waals surface area (Å²) in [7, 11) is 0. The predicted octanol–water partition coefficient (Wildman–Crippen LogP) is 12.9. The Morgan fingerprint density at radius 1 is 0.580 bits per heavy atom. The van der Waals surface area contributed by atoms with Gasteiger partial charge in [0.15, 0.2) is 0 Å². The summed E-state index contributed by atoms with van der Waals surface area (Å²) in [6.45, 7) is 11.1. The van der Waals surface area contributed by atoms with Gasteiger partial charge in [-0.3, -0.25) is 0 Å². The van der Waals surface area contributed by atoms with Crippen molar-refractivity contribution in [3.63, 3.8) is 0 Å². The van der Waals surface area contributed by atoms with Crippen molar-refractivity contribution >= 4 is 11.4 Å². The quantitative estimate of drug-likeness (QED) is 0.116. The third-order valence-electron chi connectivity index (χ3n) is 12.1. The van der Waals surface area contributed by atoms with Crippen molar-refractivity contribution in [3.05, 3.63) is 106 Å². The Hall–Kier alpha value is -3.92. The molecule has 4 heteroatoms. The van der Waals surface area contributed by atoms with E-state index in [4.69, 9.17) is 20.9 Å². The molecule has 4 aromatic rings. The zero-order valence-corrected chi connectivity index (χ0v) is 31.3. The van der Waals surface area contributed by atoms with Crippen LogP contribution in [0.2, 0.25) is 0 Å². The Kier molecular flexibility index (Phi) is 11.5. The van der Waals surface area contributed by atoms with E-state index in [1.807, 2.05) is 48.5 Å². The van der Waals surface area contributed by atoms with E-state index in [1.165, 1.54) is 81.8 Å². The Morgan fingerprint density at radius 2 is 1.04 bits per heavy atom. The third-order valence-corrected chi connectivity index (χ3v) is 12.1. The summed E-state index contributed by atoms with van der Waals surface area (Å²) in [4.78, 5) is 0. The van der Waals surface area contributed by atoms with Crippen LogP contribution in [0.25, 0.3) is 0 Å². The number of aryl methyl sites for hydroxylation is 4. The summed E-state index contributed by atoms with van der Waals surface area (Å²) in [5, 5.41) is 0. The number of hydrogen-bond donors (Lipinski definition) is 2. The monoisotopic (exact) mass is 672 g/mol. The van der Waals surface area contributed by atoms with E-state index < -0.39 is 0 Å². The van der Waals surface area contributed by atoms with Crippen molar-refractivity contribution in [3.8, 4) is 23.0 Å². The molecule has 2 aliphatic carbocycles. The highest BCUT2D eigenvalue weighted by Crippen LogP contribution is 2.52. The maximum Gasteiger partial charge on any atom is 0.133 e. The van der Waals surface area contributed by atoms with E-state index in [0.717, 1.165) is 75.8 Å². The van der Waals surface area contributed by atoms with E-state index in [2.05, 4.69) is 58.9 Å². The summed E-state index contributed by atoms with van der Waals surface area (Å²) in [5.41, 5.74) is 21.0. The van der Waals surface area contributed by atoms with Crippen molar-refractivity contribution in [2.24, 2.45) is 17.8 Å². The summed E-state index contributed by atoms with van der Waals surface area (Å²) in [5.74, 6) is 6.07. The number of nitrogens with two attached hydrogens (primary N) is 2. The minimum atomic E-state index is -0.0660. The van der Waals surface area contributed by atoms with E-state index >= 15 is 0 Å². The van der Waals surface area contributed by atoms with Crippen molar-refractivity contribution in [2.75, 3.05) is 11.5 Å². The number of hydrogen-bond acceptors (Lipinski definition) is 4. The predicted molar refractivity (Wildman–Crippen MR) is 211 cm³/mol. The van der Waals surface area contributed by atoms with Gasteiger partial charge in [-0.15, -0.1) is 0 Å². The smallest absolute Gasteiger partial charge is 0.133 e. The van der Waals surface area contributed by atoms with Crippen LogP contribution in [0.5, 0.6) is 23.0 Å². The van der Waals surface area contributed by atoms with Crippen molar-refractivity contribution < 1.29 is 9.47 Å². The fourth-order valence-corrected chi connectivity index (χ4v) is 9.32. The highest BCUT2D eigenvalue weighted by molar-refractivity contribution is 5.55. The molecule has 4 N–H and O–H groups in total. The summed E-state index contributed by atoms with van der Waals surface area (Å²) < 4.78 is 12.9. The van der Waals surface area contributed by atoms with Gasteiger partial charge in [0, 0.05) is 28.9 Å². The number of nitrogen functional groups attached to an aromatic ring is 2. The molecule has 50 heavy (non-hydrogen) atoms. The first-order valence-electron chi connectivity index (χ1n) is 19.5. The number of benzene rings is 4. The van der Waals surface area contributed by atoms with Gasteiger partial charge in [0.05, 0.1) is 0 Å². The Bertz CT molecular complexity index is 1590. The Balaban J connectivity index is 1.27. The van der Waals surface area contributed by atoms with Gasteiger partial charge in [0.25, 0.3) is 0 Å². The molecule has 0 radical (unpaired) electrons. The number of ether oxygens (including phenoxy) is 2. The average Bonchev–Trinajstić information content (AvgIpc) is 3.10. The molecule has 0 bridgehead atoms. The van der Waals surface area contributed by atoms with Gasteiger partial charge in [-0.25, -0.2) is 0 Å². The molecule has 0 aromatic heterocycles. The molecule has 4 aromatic carbocycles. The molecular weight excluding hydrogens is 613 g/mol. The van der Waals surface area contributed by atoms with E-state index in [9.17, 15) is 0 Å². The van der Waals surface area contributed by atoms with Crippen molar-refractivity contribution in [1.29, 1.82) is 0 Å². The highest BCUT2D eigenvalue weighted by Gasteiger charge is 2.42. The van der Waals surface area contributed by atoms with Gasteiger partial charge in [-0.1, -0.05) is 88.3 Å². The van der Waals surface area contributed by atoms with Gasteiger partial charge in [0.1, 0.15) is 23.0 Å². The molecular formula is C46H60N2O2. The lowest BCUT2D eigenvalue weighted by molar-refractivity contribution is 0.140. The SMILES string of the molecule is CCCCCC[C@H]1CC[C@H](C2CCC(c3cc(C)c(Oc4cccc(N)c4)c(C)c3)(c3cc(C)c(Oc4cccc(N)c4)c(C)c3)CC2)CC1. The molecule has 0 amide bonds. The Morgan fingerprint density at radius 3 is 1.48 bits per heavy atom. The van der Waals surface area contributed by atoms with Crippen LogP contribution in [0.3, 0.4) is 0 Å². The molecule has 0 atom stereocenters. The van der Waals surface area contributed by atoms with E-state index in [-0.39, 0.29) is 5.41 Å². The lowest BCUT2D eigenvalue weighted by Gasteiger charge is -2.45. The first-order chi connectivity index (χ1) is 24.1. The molecule has 0 unspecified atom stereocenters. The lowest BCUT2D eigenvalue weighted by atomic mass is 9.59. The minimum Gasteiger partial charge on any atom is -0.457 e. The Labute approximate surface area is 302 Å². The average molecular weight is 673 g/mol. The molecule has 2 fully saturated rings. The van der Waals surface area contributed by atoms with Crippen LogP contribution in [0.4, 0.5) is 11.4 Å². The molecule has 0 heterocycles. The van der Waals surface area contributed by atoms with Crippen LogP contribution < -0.4 is 20.9 Å². The molecule has 4 nitrogen and oxygen atoms in total. The van der Waals surface area contributed by atoms with Gasteiger partial charge < -0.3 is 20.9 Å². The lowest BCUT2D eigenvalue weighted by Crippen LogP contribution is -2.36. The third kappa shape index (κ3) is 8.17. The largest absolute Gasteiger partial charge is 0.457 e. The van der Waals surface area contributed by atoms with Crippen molar-refractivity contribution in [2.45, 2.75) is 124 Å². The van der Waals surface area contributed by atoms with Crippen LogP contribution in [0, 0.1) is 45.4 Å². The standard InChI is InChI=1S/C46H60N2O2/c1-6-7-8-9-12-35-17-19-36(20-18-35)37-21-23-46(24-22-37,38-25-31(2)44(32(3)26-38)49-42-15-10-13-40(47)29-42)39-27-33(4)45(34(5)28-39)50-43-16-11-14-41(48)30-43/h10-11,13-16,25-30,35-37H,6-9,12,17-24,47-48H2,1-5H3/t35-,36-. The van der Waals surface area contributed by atoms with Gasteiger partial charge >= 0.3 is 0 Å². The maximum atomic E-state index is 6.46. The molecule has 266 valence electrons. The molecule has 0 spiro atoms. The topological polar surface area (TPSA) is 70.5 Å². The molecule has 2 saturated carbocycles. The zero-order chi connectivity index (χ0) is 35.3. The second kappa shape index (κ2) is 16.0. The van der Waals surface area contributed by atoms with E-state index in [1.54, 1.807) is 0 Å². The number of unbranched alkanes of at least 4 members (excludes halogenated alkanes) is 3. The normalized spacial score (nSPS) is 19.3. The number of anilines is 2. The van der Waals surface area contributed by atoms with Crippen LogP contribution in [-0.4, -0.2) is 0 Å². The summed E-state index contributed by atoms with van der Waals surface area (Å²) >= 11 is 0. The minimum absolute atomic E-state index is 0.0660.